The van der Waals surface area contributed by atoms with Crippen molar-refractivity contribution < 1.29 is 21.6 Å². The number of hydrogen-bond donors (Lipinski definition) is 0. The highest BCUT2D eigenvalue weighted by Gasteiger charge is 2.18. The van der Waals surface area contributed by atoms with Gasteiger partial charge >= 0.3 is 0 Å². The van der Waals surface area contributed by atoms with Gasteiger partial charge in [-0.05, 0) is 162 Å². The Bertz CT molecular complexity index is 2170. The summed E-state index contributed by atoms with van der Waals surface area (Å²) in [6.07, 6.45) is 0. The molecule has 0 aliphatic rings. The second kappa shape index (κ2) is 16.8. The van der Waals surface area contributed by atoms with Crippen molar-refractivity contribution in [1.29, 1.82) is 0 Å². The maximum absolute atomic E-state index is 12.3. The van der Waals surface area contributed by atoms with Gasteiger partial charge in [0, 0.05) is 0 Å². The van der Waals surface area contributed by atoms with E-state index in [0.29, 0.717) is 19.6 Å². The smallest absolute Gasteiger partial charge is 0.206 e. The van der Waals surface area contributed by atoms with Crippen LogP contribution < -0.4 is 4.74 Å². The number of ether oxygens (including phenoxy) is 1. The molecule has 0 aliphatic heterocycles. The van der Waals surface area contributed by atoms with Crippen molar-refractivity contribution in [2.45, 2.75) is 75.0 Å². The summed E-state index contributed by atoms with van der Waals surface area (Å²) in [6, 6.07) is 40.1. The molecule has 0 spiro atoms. The van der Waals surface area contributed by atoms with Crippen molar-refractivity contribution >= 4 is 19.7 Å². The van der Waals surface area contributed by atoms with Gasteiger partial charge in [0.15, 0.2) is 0 Å². The number of rotatable bonds is 6. The van der Waals surface area contributed by atoms with Crippen LogP contribution in [-0.4, -0.2) is 16.8 Å². The lowest BCUT2D eigenvalue weighted by Crippen LogP contribution is -2.02. The minimum Gasteiger partial charge on any atom is -0.457 e. The molecule has 264 valence electrons. The molecule has 0 aromatic heterocycles. The molecule has 0 fully saturated rings. The maximum Gasteiger partial charge on any atom is 0.206 e. The lowest BCUT2D eigenvalue weighted by Gasteiger charge is -2.09. The molecule has 6 rings (SSSR count). The first kappa shape index (κ1) is 38.8. The third-order valence-corrected chi connectivity index (χ3v) is 12.0. The average molecular weight is 719 g/mol. The number of benzene rings is 6. The van der Waals surface area contributed by atoms with Crippen LogP contribution in [0.3, 0.4) is 0 Å². The van der Waals surface area contributed by atoms with E-state index in [1.54, 1.807) is 84.9 Å². The summed E-state index contributed by atoms with van der Waals surface area (Å²) in [5.41, 5.74) is 9.07. The zero-order valence-electron chi connectivity index (χ0n) is 30.6. The Morgan fingerprint density at radius 3 is 1.02 bits per heavy atom. The second-order valence-electron chi connectivity index (χ2n) is 12.9. The van der Waals surface area contributed by atoms with Crippen molar-refractivity contribution in [1.82, 2.24) is 0 Å². The predicted octanol–water partition coefficient (Wildman–Crippen LogP) is 11.0. The Morgan fingerprint density at radius 2 is 0.686 bits per heavy atom. The predicted molar refractivity (Wildman–Crippen MR) is 208 cm³/mol. The molecule has 0 bridgehead atoms. The van der Waals surface area contributed by atoms with Gasteiger partial charge in [-0.3, -0.25) is 0 Å². The molecule has 0 N–H and O–H groups in total. The minimum atomic E-state index is -3.38. The molecule has 51 heavy (non-hydrogen) atoms. The molecule has 6 aromatic carbocycles. The molecule has 7 heteroatoms. The van der Waals surface area contributed by atoms with E-state index in [1.165, 1.54) is 22.3 Å². The van der Waals surface area contributed by atoms with Crippen molar-refractivity contribution in [3.8, 4) is 11.5 Å². The molecular weight excluding hydrogens is 673 g/mol. The molecular formula is C44H46O5S2. The van der Waals surface area contributed by atoms with Crippen LogP contribution >= 0.6 is 0 Å². The fourth-order valence-corrected chi connectivity index (χ4v) is 7.69. The quantitative estimate of drug-likeness (QED) is 0.171. The van der Waals surface area contributed by atoms with Gasteiger partial charge in [0.1, 0.15) is 11.5 Å². The van der Waals surface area contributed by atoms with Gasteiger partial charge in [0.25, 0.3) is 0 Å². The van der Waals surface area contributed by atoms with Gasteiger partial charge < -0.3 is 4.74 Å². The third-order valence-electron chi connectivity index (χ3n) is 8.45. The van der Waals surface area contributed by atoms with E-state index in [-0.39, 0.29) is 0 Å². The number of sulfone groups is 2. The molecule has 0 heterocycles. The summed E-state index contributed by atoms with van der Waals surface area (Å²) in [5.74, 6) is 1.80. The largest absolute Gasteiger partial charge is 0.457 e. The van der Waals surface area contributed by atoms with E-state index in [2.05, 4.69) is 52.0 Å². The summed E-state index contributed by atoms with van der Waals surface area (Å²) in [6.45, 7) is 16.0. The molecule has 0 atom stereocenters. The van der Waals surface area contributed by atoms with Crippen LogP contribution in [0.2, 0.25) is 0 Å². The van der Waals surface area contributed by atoms with Crippen LogP contribution in [0.5, 0.6) is 11.5 Å². The highest BCUT2D eigenvalue weighted by atomic mass is 32.2. The summed E-state index contributed by atoms with van der Waals surface area (Å²) in [4.78, 5) is 1.38. The van der Waals surface area contributed by atoms with Crippen LogP contribution in [0.15, 0.2) is 153 Å². The van der Waals surface area contributed by atoms with E-state index in [1.807, 2.05) is 52.0 Å². The highest BCUT2D eigenvalue weighted by molar-refractivity contribution is 7.91. The zero-order valence-corrected chi connectivity index (χ0v) is 32.2. The topological polar surface area (TPSA) is 77.5 Å². The monoisotopic (exact) mass is 718 g/mol. The molecule has 6 aromatic rings. The number of hydrogen-bond acceptors (Lipinski definition) is 5. The average Bonchev–Trinajstić information content (AvgIpc) is 3.09. The molecule has 0 saturated carbocycles. The Balaban J connectivity index is 0.000000172. The first-order chi connectivity index (χ1) is 24.1. The first-order valence-electron chi connectivity index (χ1n) is 16.7. The summed E-state index contributed by atoms with van der Waals surface area (Å²) in [7, 11) is -6.76. The molecule has 0 aliphatic carbocycles. The Labute approximate surface area is 304 Å². The van der Waals surface area contributed by atoms with E-state index >= 15 is 0 Å². The standard InChI is InChI=1S/C16H18O.2C14H14O2S/c1-11-5-7-15(9-13(11)3)17-16-8-6-12(2)14(4)10-16;1-11-3-7-13(8-4-11)17(15,16)14-9-5-12(2)6-10-14;1-11-5-3-7-13(9-11)17(15,16)14-8-4-6-12(2)10-14/h5-10H,1-4H3;2*3-10H,1-2H3. The van der Waals surface area contributed by atoms with Crippen LogP contribution in [0.4, 0.5) is 0 Å². The summed E-state index contributed by atoms with van der Waals surface area (Å²) >= 11 is 0. The van der Waals surface area contributed by atoms with Crippen LogP contribution in [0.1, 0.15) is 44.5 Å². The van der Waals surface area contributed by atoms with Crippen molar-refractivity contribution in [3.63, 3.8) is 0 Å². The lowest BCUT2D eigenvalue weighted by atomic mass is 10.1. The van der Waals surface area contributed by atoms with Gasteiger partial charge in [-0.2, -0.15) is 0 Å². The van der Waals surface area contributed by atoms with Crippen molar-refractivity contribution in [3.05, 3.63) is 178 Å². The van der Waals surface area contributed by atoms with Gasteiger partial charge in [0.2, 0.25) is 19.7 Å². The third kappa shape index (κ3) is 10.5. The van der Waals surface area contributed by atoms with Crippen LogP contribution in [0.25, 0.3) is 0 Å². The van der Waals surface area contributed by atoms with Gasteiger partial charge in [-0.15, -0.1) is 0 Å². The zero-order chi connectivity index (χ0) is 37.3. The summed E-state index contributed by atoms with van der Waals surface area (Å²) in [5, 5.41) is 0. The summed E-state index contributed by atoms with van der Waals surface area (Å²) < 4.78 is 55.0. The van der Waals surface area contributed by atoms with Gasteiger partial charge in [-0.25, -0.2) is 16.8 Å². The van der Waals surface area contributed by atoms with Crippen molar-refractivity contribution in [2.24, 2.45) is 0 Å². The number of aryl methyl sites for hydroxylation is 8. The molecule has 0 unspecified atom stereocenters. The minimum absolute atomic E-state index is 0.340. The van der Waals surface area contributed by atoms with Gasteiger partial charge in [0.05, 0.1) is 19.6 Å². The van der Waals surface area contributed by atoms with Crippen LogP contribution in [0, 0.1) is 55.4 Å². The van der Waals surface area contributed by atoms with E-state index in [9.17, 15) is 16.8 Å². The van der Waals surface area contributed by atoms with Crippen LogP contribution in [-0.2, 0) is 19.7 Å². The SMILES string of the molecule is Cc1ccc(Oc2ccc(C)c(C)c2)cc1C.Cc1ccc(S(=O)(=O)c2ccc(C)cc2)cc1.Cc1cccc(S(=O)(=O)c2cccc(C)c2)c1. The normalized spacial score (nSPS) is 11.1. The Kier molecular flexibility index (Phi) is 12.8. The molecule has 0 radical (unpaired) electrons. The lowest BCUT2D eigenvalue weighted by molar-refractivity contribution is 0.481. The fraction of sp³-hybridized carbons (Fsp3) is 0.182. The fourth-order valence-electron chi connectivity index (χ4n) is 4.96. The van der Waals surface area contributed by atoms with E-state index in [0.717, 1.165) is 33.8 Å². The second-order valence-corrected chi connectivity index (χ2v) is 16.8. The van der Waals surface area contributed by atoms with E-state index in [4.69, 9.17) is 4.74 Å². The first-order valence-corrected chi connectivity index (χ1v) is 19.6. The Hall–Kier alpha value is -4.98. The maximum atomic E-state index is 12.3. The van der Waals surface area contributed by atoms with Crippen molar-refractivity contribution in [2.75, 3.05) is 0 Å². The van der Waals surface area contributed by atoms with Gasteiger partial charge in [-0.1, -0.05) is 71.8 Å². The molecule has 5 nitrogen and oxygen atoms in total. The molecule has 0 saturated heterocycles. The Morgan fingerprint density at radius 1 is 0.333 bits per heavy atom. The molecule has 0 amide bonds. The van der Waals surface area contributed by atoms with E-state index < -0.39 is 19.7 Å². The highest BCUT2D eigenvalue weighted by Crippen LogP contribution is 2.26.